The van der Waals surface area contributed by atoms with E-state index in [4.69, 9.17) is 9.47 Å². The molecule has 0 N–H and O–H groups in total. The van der Waals surface area contributed by atoms with E-state index in [2.05, 4.69) is 6.92 Å². The number of aldehydes is 1. The lowest BCUT2D eigenvalue weighted by molar-refractivity contribution is -0.111. The van der Waals surface area contributed by atoms with E-state index in [0.717, 1.165) is 19.1 Å². The number of carbonyl (C=O) groups excluding carboxylic acids is 1. The Morgan fingerprint density at radius 1 is 1.64 bits per heavy atom. The number of hydrogen-bond acceptors (Lipinski definition) is 3. The van der Waals surface area contributed by atoms with Gasteiger partial charge in [-0.25, -0.2) is 0 Å². The van der Waals surface area contributed by atoms with Crippen LogP contribution >= 0.6 is 0 Å². The van der Waals surface area contributed by atoms with E-state index in [0.29, 0.717) is 13.0 Å². The zero-order chi connectivity index (χ0) is 8.10. The Hall–Kier alpha value is -0.410. The third kappa shape index (κ3) is 2.60. The second-order valence-corrected chi connectivity index (χ2v) is 2.71. The molecular formula is C8H14O3. The van der Waals surface area contributed by atoms with E-state index in [9.17, 15) is 4.79 Å². The first-order chi connectivity index (χ1) is 5.36. The SMILES string of the molecule is CCC[C@@H]1OC[C@H](CC=O)O1. The number of rotatable bonds is 4. The quantitative estimate of drug-likeness (QED) is 0.575. The minimum Gasteiger partial charge on any atom is -0.350 e. The Balaban J connectivity index is 2.17. The molecule has 64 valence electrons. The summed E-state index contributed by atoms with van der Waals surface area (Å²) < 4.78 is 10.7. The third-order valence-corrected chi connectivity index (χ3v) is 1.70. The maximum absolute atomic E-state index is 10.1. The molecule has 1 heterocycles. The van der Waals surface area contributed by atoms with Crippen LogP contribution in [0.25, 0.3) is 0 Å². The first kappa shape index (κ1) is 8.68. The summed E-state index contributed by atoms with van der Waals surface area (Å²) >= 11 is 0. The van der Waals surface area contributed by atoms with Crippen LogP contribution in [0.5, 0.6) is 0 Å². The van der Waals surface area contributed by atoms with Gasteiger partial charge in [-0.2, -0.15) is 0 Å². The molecule has 0 aromatic carbocycles. The van der Waals surface area contributed by atoms with Gasteiger partial charge in [-0.1, -0.05) is 13.3 Å². The van der Waals surface area contributed by atoms with E-state index in [1.54, 1.807) is 0 Å². The van der Waals surface area contributed by atoms with Crippen LogP contribution in [0, 0.1) is 0 Å². The molecule has 0 bridgehead atoms. The van der Waals surface area contributed by atoms with Crippen molar-refractivity contribution in [2.24, 2.45) is 0 Å². The molecule has 0 aromatic rings. The number of hydrogen-bond donors (Lipinski definition) is 0. The molecule has 1 aliphatic heterocycles. The van der Waals surface area contributed by atoms with Crippen LogP contribution < -0.4 is 0 Å². The van der Waals surface area contributed by atoms with Crippen LogP contribution in [0.15, 0.2) is 0 Å². The third-order valence-electron chi connectivity index (χ3n) is 1.70. The van der Waals surface area contributed by atoms with E-state index in [1.165, 1.54) is 0 Å². The second-order valence-electron chi connectivity index (χ2n) is 2.71. The van der Waals surface area contributed by atoms with E-state index in [1.807, 2.05) is 0 Å². The summed E-state index contributed by atoms with van der Waals surface area (Å²) in [6, 6.07) is 0. The normalized spacial score (nSPS) is 30.6. The molecule has 0 amide bonds. The lowest BCUT2D eigenvalue weighted by Crippen LogP contribution is -2.12. The Morgan fingerprint density at radius 3 is 3.09 bits per heavy atom. The smallest absolute Gasteiger partial charge is 0.158 e. The largest absolute Gasteiger partial charge is 0.350 e. The lowest BCUT2D eigenvalue weighted by Gasteiger charge is -2.07. The first-order valence-corrected chi connectivity index (χ1v) is 4.07. The minimum absolute atomic E-state index is 0.00375. The van der Waals surface area contributed by atoms with Crippen LogP contribution in [0.3, 0.4) is 0 Å². The lowest BCUT2D eigenvalue weighted by atomic mass is 10.3. The van der Waals surface area contributed by atoms with Crippen LogP contribution in [0.1, 0.15) is 26.2 Å². The van der Waals surface area contributed by atoms with Gasteiger partial charge in [0.1, 0.15) is 6.29 Å². The van der Waals surface area contributed by atoms with Crippen LogP contribution in [0.4, 0.5) is 0 Å². The highest BCUT2D eigenvalue weighted by Gasteiger charge is 2.24. The van der Waals surface area contributed by atoms with E-state index >= 15 is 0 Å². The topological polar surface area (TPSA) is 35.5 Å². The molecule has 2 atom stereocenters. The maximum Gasteiger partial charge on any atom is 0.158 e. The van der Waals surface area contributed by atoms with Gasteiger partial charge in [-0.15, -0.1) is 0 Å². The van der Waals surface area contributed by atoms with Crippen molar-refractivity contribution >= 4 is 6.29 Å². The van der Waals surface area contributed by atoms with Crippen molar-refractivity contribution in [2.75, 3.05) is 6.61 Å². The van der Waals surface area contributed by atoms with Crippen molar-refractivity contribution in [2.45, 2.75) is 38.6 Å². The highest BCUT2D eigenvalue weighted by Crippen LogP contribution is 2.16. The van der Waals surface area contributed by atoms with Gasteiger partial charge >= 0.3 is 0 Å². The average molecular weight is 158 g/mol. The predicted octanol–water partition coefficient (Wildman–Crippen LogP) is 1.12. The summed E-state index contributed by atoms with van der Waals surface area (Å²) in [6.07, 6.45) is 3.25. The summed E-state index contributed by atoms with van der Waals surface area (Å²) in [5.41, 5.74) is 0. The zero-order valence-electron chi connectivity index (χ0n) is 6.79. The molecule has 1 aliphatic rings. The fourth-order valence-corrected chi connectivity index (χ4v) is 1.13. The Labute approximate surface area is 66.7 Å². The van der Waals surface area contributed by atoms with Crippen molar-refractivity contribution < 1.29 is 14.3 Å². The van der Waals surface area contributed by atoms with Gasteiger partial charge in [0.2, 0.25) is 0 Å². The second kappa shape index (κ2) is 4.46. The summed E-state index contributed by atoms with van der Waals surface area (Å²) in [5, 5.41) is 0. The molecule has 1 fully saturated rings. The van der Waals surface area contributed by atoms with Gasteiger partial charge in [0.15, 0.2) is 6.29 Å². The molecule has 0 spiro atoms. The molecule has 0 aliphatic carbocycles. The Morgan fingerprint density at radius 2 is 2.45 bits per heavy atom. The highest BCUT2D eigenvalue weighted by molar-refractivity contribution is 5.50. The van der Waals surface area contributed by atoms with Crippen molar-refractivity contribution in [3.8, 4) is 0 Å². The molecule has 11 heavy (non-hydrogen) atoms. The molecule has 0 saturated carbocycles. The van der Waals surface area contributed by atoms with Crippen LogP contribution in [-0.2, 0) is 14.3 Å². The monoisotopic (exact) mass is 158 g/mol. The van der Waals surface area contributed by atoms with Crippen molar-refractivity contribution in [1.29, 1.82) is 0 Å². The molecular weight excluding hydrogens is 144 g/mol. The molecule has 3 nitrogen and oxygen atoms in total. The molecule has 0 radical (unpaired) electrons. The van der Waals surface area contributed by atoms with Gasteiger partial charge in [0, 0.05) is 6.42 Å². The molecule has 0 unspecified atom stereocenters. The van der Waals surface area contributed by atoms with E-state index in [-0.39, 0.29) is 12.4 Å². The van der Waals surface area contributed by atoms with Gasteiger partial charge in [-0.3, -0.25) is 0 Å². The Kier molecular flexibility index (Phi) is 3.52. The van der Waals surface area contributed by atoms with Crippen LogP contribution in [0.2, 0.25) is 0 Å². The number of ether oxygens (including phenoxy) is 2. The van der Waals surface area contributed by atoms with Gasteiger partial charge in [-0.05, 0) is 6.42 Å². The predicted molar refractivity (Wildman–Crippen MR) is 40.2 cm³/mol. The van der Waals surface area contributed by atoms with Crippen molar-refractivity contribution in [1.82, 2.24) is 0 Å². The first-order valence-electron chi connectivity index (χ1n) is 4.07. The van der Waals surface area contributed by atoms with Crippen molar-refractivity contribution in [3.05, 3.63) is 0 Å². The average Bonchev–Trinajstić information content (AvgIpc) is 2.38. The summed E-state index contributed by atoms with van der Waals surface area (Å²) in [4.78, 5) is 10.1. The minimum atomic E-state index is -0.0649. The van der Waals surface area contributed by atoms with Crippen LogP contribution in [-0.4, -0.2) is 25.3 Å². The molecule has 1 rings (SSSR count). The standard InChI is InChI=1S/C8H14O3/c1-2-3-8-10-6-7(11-8)4-5-9/h5,7-8H,2-4,6H2,1H3/t7-,8+/m0/s1. The van der Waals surface area contributed by atoms with E-state index < -0.39 is 0 Å². The highest BCUT2D eigenvalue weighted by atomic mass is 16.7. The summed E-state index contributed by atoms with van der Waals surface area (Å²) in [5.74, 6) is 0. The fourth-order valence-electron chi connectivity index (χ4n) is 1.13. The summed E-state index contributed by atoms with van der Waals surface area (Å²) in [6.45, 7) is 2.66. The number of carbonyl (C=O) groups is 1. The van der Waals surface area contributed by atoms with Crippen molar-refractivity contribution in [3.63, 3.8) is 0 Å². The molecule has 3 heteroatoms. The van der Waals surface area contributed by atoms with Gasteiger partial charge in [0.25, 0.3) is 0 Å². The zero-order valence-corrected chi connectivity index (χ0v) is 6.79. The summed E-state index contributed by atoms with van der Waals surface area (Å²) in [7, 11) is 0. The molecule has 1 saturated heterocycles. The fraction of sp³-hybridized carbons (Fsp3) is 0.875. The molecule has 0 aromatic heterocycles. The Bertz CT molecular complexity index is 125. The van der Waals surface area contributed by atoms with Gasteiger partial charge < -0.3 is 14.3 Å². The maximum atomic E-state index is 10.1. The van der Waals surface area contributed by atoms with Gasteiger partial charge in [0.05, 0.1) is 12.7 Å².